The van der Waals surface area contributed by atoms with Gasteiger partial charge in [-0.3, -0.25) is 9.78 Å². The molecule has 1 aliphatic heterocycles. The largest absolute Gasteiger partial charge is 0.381 e. The van der Waals surface area contributed by atoms with Crippen molar-refractivity contribution >= 4 is 0 Å². The molecule has 0 atom stereocenters. The Bertz CT molecular complexity index is 1030. The highest BCUT2D eigenvalue weighted by Crippen LogP contribution is 2.25. The number of aryl methyl sites for hydroxylation is 2. The summed E-state index contributed by atoms with van der Waals surface area (Å²) in [5, 5.41) is 4.50. The minimum absolute atomic E-state index is 0.0145. The highest BCUT2D eigenvalue weighted by Gasteiger charge is 2.16. The molecule has 6 heteroatoms. The normalized spacial score (nSPS) is 15.0. The van der Waals surface area contributed by atoms with Crippen LogP contribution in [0.3, 0.4) is 0 Å². The topological polar surface area (TPSA) is 61.9 Å². The van der Waals surface area contributed by atoms with Crippen LogP contribution >= 0.6 is 0 Å². The van der Waals surface area contributed by atoms with Crippen molar-refractivity contribution in [2.45, 2.75) is 46.1 Å². The van der Waals surface area contributed by atoms with Crippen molar-refractivity contribution in [1.82, 2.24) is 19.3 Å². The first-order valence-corrected chi connectivity index (χ1v) is 10.4. The van der Waals surface area contributed by atoms with Crippen molar-refractivity contribution in [3.8, 4) is 16.9 Å². The van der Waals surface area contributed by atoms with Crippen molar-refractivity contribution < 1.29 is 4.74 Å². The second kappa shape index (κ2) is 8.74. The van der Waals surface area contributed by atoms with Crippen LogP contribution in [-0.4, -0.2) is 32.5 Å². The van der Waals surface area contributed by atoms with E-state index in [9.17, 15) is 4.79 Å². The van der Waals surface area contributed by atoms with Gasteiger partial charge in [-0.05, 0) is 55.7 Å². The SMILES string of the molecule is CCCn1cc(-n2cc(-c3ncc(CC4CCOCC4)cc3C)cn2)ccc1=O. The lowest BCUT2D eigenvalue weighted by Crippen LogP contribution is -2.19. The van der Waals surface area contributed by atoms with Gasteiger partial charge in [0, 0.05) is 50.0 Å². The first-order chi connectivity index (χ1) is 14.1. The summed E-state index contributed by atoms with van der Waals surface area (Å²) in [4.78, 5) is 16.7. The molecular weight excluding hydrogens is 364 g/mol. The Labute approximate surface area is 171 Å². The van der Waals surface area contributed by atoms with Gasteiger partial charge in [-0.25, -0.2) is 4.68 Å². The van der Waals surface area contributed by atoms with Crippen LogP contribution in [0.15, 0.2) is 47.8 Å². The summed E-state index contributed by atoms with van der Waals surface area (Å²) in [6.07, 6.45) is 11.9. The molecule has 0 bridgehead atoms. The number of hydrogen-bond donors (Lipinski definition) is 0. The van der Waals surface area contributed by atoms with Gasteiger partial charge in [-0.2, -0.15) is 5.10 Å². The van der Waals surface area contributed by atoms with Crippen LogP contribution in [0.2, 0.25) is 0 Å². The fraction of sp³-hybridized carbons (Fsp3) is 0.435. The second-order valence-electron chi connectivity index (χ2n) is 7.86. The van der Waals surface area contributed by atoms with Gasteiger partial charge >= 0.3 is 0 Å². The maximum Gasteiger partial charge on any atom is 0.250 e. The molecule has 152 valence electrons. The van der Waals surface area contributed by atoms with E-state index in [0.29, 0.717) is 12.5 Å². The van der Waals surface area contributed by atoms with Gasteiger partial charge in [-0.1, -0.05) is 13.0 Å². The van der Waals surface area contributed by atoms with Crippen LogP contribution in [0.1, 0.15) is 37.3 Å². The molecule has 1 fully saturated rings. The van der Waals surface area contributed by atoms with Gasteiger partial charge in [0.1, 0.15) is 0 Å². The van der Waals surface area contributed by atoms with Crippen molar-refractivity contribution in [2.75, 3.05) is 13.2 Å². The lowest BCUT2D eigenvalue weighted by molar-refractivity contribution is 0.0665. The van der Waals surface area contributed by atoms with E-state index in [2.05, 4.69) is 25.0 Å². The molecule has 0 spiro atoms. The summed E-state index contributed by atoms with van der Waals surface area (Å²) < 4.78 is 8.99. The maximum atomic E-state index is 12.0. The van der Waals surface area contributed by atoms with E-state index in [-0.39, 0.29) is 5.56 Å². The molecule has 1 saturated heterocycles. The summed E-state index contributed by atoms with van der Waals surface area (Å²) in [5.41, 5.74) is 5.27. The molecule has 4 rings (SSSR count). The summed E-state index contributed by atoms with van der Waals surface area (Å²) >= 11 is 0. The molecule has 1 aliphatic rings. The third kappa shape index (κ3) is 4.48. The maximum absolute atomic E-state index is 12.0. The molecule has 3 aromatic rings. The number of aromatic nitrogens is 4. The highest BCUT2D eigenvalue weighted by molar-refractivity contribution is 5.62. The third-order valence-corrected chi connectivity index (χ3v) is 5.55. The van der Waals surface area contributed by atoms with E-state index in [1.54, 1.807) is 15.3 Å². The quantitative estimate of drug-likeness (QED) is 0.640. The predicted octanol–water partition coefficient (Wildman–Crippen LogP) is 3.78. The standard InChI is InChI=1S/C23H28N4O2/c1-3-8-26-16-21(4-5-22(26)28)27-15-20(14-25-27)23-17(2)11-19(13-24-23)12-18-6-9-29-10-7-18/h4-5,11,13-16,18H,3,6-10,12H2,1-2H3. The van der Waals surface area contributed by atoms with Gasteiger partial charge in [0.25, 0.3) is 5.56 Å². The van der Waals surface area contributed by atoms with E-state index in [4.69, 9.17) is 9.72 Å². The van der Waals surface area contributed by atoms with Crippen LogP contribution in [-0.2, 0) is 17.7 Å². The minimum Gasteiger partial charge on any atom is -0.381 e. The third-order valence-electron chi connectivity index (χ3n) is 5.55. The van der Waals surface area contributed by atoms with Crippen LogP contribution in [0.4, 0.5) is 0 Å². The minimum atomic E-state index is 0.0145. The summed E-state index contributed by atoms with van der Waals surface area (Å²) in [5.74, 6) is 0.692. The predicted molar refractivity (Wildman–Crippen MR) is 113 cm³/mol. The van der Waals surface area contributed by atoms with Gasteiger partial charge in [0.05, 0.1) is 17.6 Å². The summed E-state index contributed by atoms with van der Waals surface area (Å²) in [7, 11) is 0. The number of rotatable bonds is 6. The van der Waals surface area contributed by atoms with E-state index < -0.39 is 0 Å². The Morgan fingerprint density at radius 3 is 2.76 bits per heavy atom. The lowest BCUT2D eigenvalue weighted by Gasteiger charge is -2.22. The van der Waals surface area contributed by atoms with Gasteiger partial charge in [-0.15, -0.1) is 0 Å². The average Bonchev–Trinajstić information content (AvgIpc) is 3.20. The molecule has 0 unspecified atom stereocenters. The molecule has 0 radical (unpaired) electrons. The lowest BCUT2D eigenvalue weighted by atomic mass is 9.92. The van der Waals surface area contributed by atoms with Gasteiger partial charge in [0.15, 0.2) is 0 Å². The van der Waals surface area contributed by atoms with Crippen LogP contribution in [0, 0.1) is 12.8 Å². The molecule has 6 nitrogen and oxygen atoms in total. The number of ether oxygens (including phenoxy) is 1. The Kier molecular flexibility index (Phi) is 5.90. The molecule has 0 aliphatic carbocycles. The number of hydrogen-bond acceptors (Lipinski definition) is 4. The summed E-state index contributed by atoms with van der Waals surface area (Å²) in [6.45, 7) is 6.62. The fourth-order valence-electron chi connectivity index (χ4n) is 3.99. The van der Waals surface area contributed by atoms with Crippen molar-refractivity contribution in [3.05, 3.63) is 64.5 Å². The first kappa shape index (κ1) is 19.6. The van der Waals surface area contributed by atoms with E-state index in [1.807, 2.05) is 30.9 Å². The van der Waals surface area contributed by atoms with Crippen LogP contribution in [0.25, 0.3) is 16.9 Å². The fourth-order valence-corrected chi connectivity index (χ4v) is 3.99. The Morgan fingerprint density at radius 2 is 2.00 bits per heavy atom. The zero-order chi connectivity index (χ0) is 20.2. The molecular formula is C23H28N4O2. The van der Waals surface area contributed by atoms with Crippen LogP contribution < -0.4 is 5.56 Å². The van der Waals surface area contributed by atoms with E-state index in [1.165, 1.54) is 5.56 Å². The van der Waals surface area contributed by atoms with Crippen molar-refractivity contribution in [2.24, 2.45) is 5.92 Å². The summed E-state index contributed by atoms with van der Waals surface area (Å²) in [6, 6.07) is 5.65. The van der Waals surface area contributed by atoms with Gasteiger partial charge < -0.3 is 9.30 Å². The zero-order valence-corrected chi connectivity index (χ0v) is 17.2. The smallest absolute Gasteiger partial charge is 0.250 e. The molecule has 0 amide bonds. The molecule has 0 N–H and O–H groups in total. The Hall–Kier alpha value is -2.73. The first-order valence-electron chi connectivity index (χ1n) is 10.4. The molecule has 0 aromatic carbocycles. The van der Waals surface area contributed by atoms with E-state index in [0.717, 1.165) is 61.4 Å². The Balaban J connectivity index is 1.54. The number of pyridine rings is 2. The molecule has 4 heterocycles. The van der Waals surface area contributed by atoms with E-state index >= 15 is 0 Å². The van der Waals surface area contributed by atoms with Crippen molar-refractivity contribution in [3.63, 3.8) is 0 Å². The average molecular weight is 393 g/mol. The van der Waals surface area contributed by atoms with Crippen LogP contribution in [0.5, 0.6) is 0 Å². The molecule has 0 saturated carbocycles. The molecule has 29 heavy (non-hydrogen) atoms. The number of nitrogens with zero attached hydrogens (tertiary/aromatic N) is 4. The Morgan fingerprint density at radius 1 is 1.17 bits per heavy atom. The highest BCUT2D eigenvalue weighted by atomic mass is 16.5. The molecule has 3 aromatic heterocycles. The second-order valence-corrected chi connectivity index (χ2v) is 7.86. The van der Waals surface area contributed by atoms with Crippen molar-refractivity contribution in [1.29, 1.82) is 0 Å². The monoisotopic (exact) mass is 392 g/mol. The van der Waals surface area contributed by atoms with Gasteiger partial charge in [0.2, 0.25) is 0 Å². The zero-order valence-electron chi connectivity index (χ0n) is 17.2.